The molecule has 1 fully saturated rings. The number of nitrogens with zero attached hydrogens (tertiary/aromatic N) is 1. The Kier molecular flexibility index (Phi) is 6.34. The molecule has 0 aromatic carbocycles. The molecule has 1 aromatic heterocycles. The van der Waals surface area contributed by atoms with Crippen LogP contribution >= 0.6 is 12.4 Å². The summed E-state index contributed by atoms with van der Waals surface area (Å²) in [6.45, 7) is 1.50. The lowest BCUT2D eigenvalue weighted by atomic mass is 10.2. The van der Waals surface area contributed by atoms with E-state index in [0.29, 0.717) is 6.54 Å². The Labute approximate surface area is 120 Å². The number of hydrogen-bond donors (Lipinski definition) is 2. The molecule has 1 aromatic rings. The minimum Gasteiger partial charge on any atom is -0.468 e. The minimum absolute atomic E-state index is 0. The van der Waals surface area contributed by atoms with Crippen LogP contribution in [0.4, 0.5) is 0 Å². The van der Waals surface area contributed by atoms with Gasteiger partial charge in [-0.25, -0.2) is 0 Å². The average Bonchev–Trinajstić information content (AvgIpc) is 3.01. The molecule has 2 atom stereocenters. The number of halogens is 1. The average molecular weight is 288 g/mol. The highest BCUT2D eigenvalue weighted by molar-refractivity contribution is 5.85. The molecule has 6 heteroatoms. The number of carbonyl (C=O) groups excluding carboxylic acids is 1. The van der Waals surface area contributed by atoms with Gasteiger partial charge >= 0.3 is 0 Å². The van der Waals surface area contributed by atoms with Crippen LogP contribution in [0.1, 0.15) is 24.6 Å². The van der Waals surface area contributed by atoms with E-state index in [-0.39, 0.29) is 30.4 Å². The molecule has 1 aliphatic heterocycles. The molecular formula is C13H22ClN3O2. The van der Waals surface area contributed by atoms with Gasteiger partial charge in [0.2, 0.25) is 5.91 Å². The van der Waals surface area contributed by atoms with Gasteiger partial charge in [-0.1, -0.05) is 0 Å². The number of rotatable bonds is 5. The quantitative estimate of drug-likeness (QED) is 0.854. The van der Waals surface area contributed by atoms with E-state index in [4.69, 9.17) is 4.42 Å². The minimum atomic E-state index is -0.0237. The van der Waals surface area contributed by atoms with Crippen LogP contribution in [0.3, 0.4) is 0 Å². The number of likely N-dealkylation sites (N-methyl/N-ethyl adjacent to an activating group) is 1. The van der Waals surface area contributed by atoms with Crippen molar-refractivity contribution in [3.05, 3.63) is 24.2 Å². The summed E-state index contributed by atoms with van der Waals surface area (Å²) in [5, 5.41) is 6.19. The Hall–Kier alpha value is -1.04. The molecule has 0 saturated carbocycles. The Morgan fingerprint density at radius 2 is 2.42 bits per heavy atom. The van der Waals surface area contributed by atoms with Gasteiger partial charge in [0, 0.05) is 6.54 Å². The van der Waals surface area contributed by atoms with Crippen LogP contribution in [0.15, 0.2) is 22.8 Å². The molecule has 19 heavy (non-hydrogen) atoms. The van der Waals surface area contributed by atoms with E-state index in [1.807, 2.05) is 31.1 Å². The van der Waals surface area contributed by atoms with Crippen molar-refractivity contribution in [1.29, 1.82) is 0 Å². The molecular weight excluding hydrogens is 266 g/mol. The first-order valence-corrected chi connectivity index (χ1v) is 6.39. The van der Waals surface area contributed by atoms with Crippen LogP contribution in [0.2, 0.25) is 0 Å². The van der Waals surface area contributed by atoms with E-state index in [1.165, 1.54) is 0 Å². The van der Waals surface area contributed by atoms with E-state index in [2.05, 4.69) is 10.6 Å². The highest BCUT2D eigenvalue weighted by Crippen LogP contribution is 2.17. The Morgan fingerprint density at radius 1 is 1.63 bits per heavy atom. The topological polar surface area (TPSA) is 57.5 Å². The van der Waals surface area contributed by atoms with Crippen molar-refractivity contribution in [2.75, 3.05) is 27.2 Å². The Balaban J connectivity index is 0.00000180. The van der Waals surface area contributed by atoms with Crippen molar-refractivity contribution in [1.82, 2.24) is 15.5 Å². The summed E-state index contributed by atoms with van der Waals surface area (Å²) in [6.07, 6.45) is 3.67. The van der Waals surface area contributed by atoms with Crippen molar-refractivity contribution in [3.63, 3.8) is 0 Å². The summed E-state index contributed by atoms with van der Waals surface area (Å²) in [4.78, 5) is 14.0. The molecule has 1 saturated heterocycles. The summed E-state index contributed by atoms with van der Waals surface area (Å²) in [6, 6.07) is 3.85. The summed E-state index contributed by atoms with van der Waals surface area (Å²) in [5.41, 5.74) is 0. The number of furan rings is 1. The molecule has 5 nitrogen and oxygen atoms in total. The fourth-order valence-corrected chi connectivity index (χ4v) is 2.25. The third-order valence-electron chi connectivity index (χ3n) is 3.34. The maximum atomic E-state index is 11.9. The maximum absolute atomic E-state index is 11.9. The van der Waals surface area contributed by atoms with Crippen LogP contribution in [0, 0.1) is 0 Å². The van der Waals surface area contributed by atoms with E-state index in [0.717, 1.165) is 25.1 Å². The van der Waals surface area contributed by atoms with Crippen molar-refractivity contribution in [3.8, 4) is 0 Å². The third-order valence-corrected chi connectivity index (χ3v) is 3.34. The SMILES string of the molecule is CN(C)C(CNC(=O)C1CCCN1)c1ccco1.Cl. The lowest BCUT2D eigenvalue weighted by Crippen LogP contribution is -2.43. The first kappa shape index (κ1) is 16.0. The molecule has 1 amide bonds. The predicted octanol–water partition coefficient (Wildman–Crippen LogP) is 1.17. The van der Waals surface area contributed by atoms with Crippen LogP contribution in [-0.4, -0.2) is 44.0 Å². The number of nitrogens with one attached hydrogen (secondary N) is 2. The maximum Gasteiger partial charge on any atom is 0.237 e. The summed E-state index contributed by atoms with van der Waals surface area (Å²) < 4.78 is 5.41. The van der Waals surface area contributed by atoms with Crippen molar-refractivity contribution in [2.45, 2.75) is 24.9 Å². The van der Waals surface area contributed by atoms with Crippen LogP contribution in [0.5, 0.6) is 0 Å². The van der Waals surface area contributed by atoms with Crippen LogP contribution in [0.25, 0.3) is 0 Å². The van der Waals surface area contributed by atoms with Crippen molar-refractivity contribution >= 4 is 18.3 Å². The molecule has 0 spiro atoms. The zero-order chi connectivity index (χ0) is 13.0. The smallest absolute Gasteiger partial charge is 0.237 e. The normalized spacial score (nSPS) is 20.1. The predicted molar refractivity (Wildman–Crippen MR) is 76.4 cm³/mol. The van der Waals surface area contributed by atoms with Gasteiger partial charge in [-0.15, -0.1) is 12.4 Å². The lowest BCUT2D eigenvalue weighted by Gasteiger charge is -2.23. The Bertz CT molecular complexity index is 375. The van der Waals surface area contributed by atoms with Gasteiger partial charge in [-0.2, -0.15) is 0 Å². The first-order valence-electron chi connectivity index (χ1n) is 6.39. The second-order valence-corrected chi connectivity index (χ2v) is 4.89. The van der Waals surface area contributed by atoms with Gasteiger partial charge in [0.1, 0.15) is 5.76 Å². The van der Waals surface area contributed by atoms with Gasteiger partial charge < -0.3 is 15.1 Å². The monoisotopic (exact) mass is 287 g/mol. The summed E-state index contributed by atoms with van der Waals surface area (Å²) in [7, 11) is 3.96. The zero-order valence-electron chi connectivity index (χ0n) is 11.4. The van der Waals surface area contributed by atoms with Crippen LogP contribution < -0.4 is 10.6 Å². The third kappa shape index (κ3) is 4.23. The largest absolute Gasteiger partial charge is 0.468 e. The molecule has 108 valence electrons. The summed E-state index contributed by atoms with van der Waals surface area (Å²) in [5.74, 6) is 0.964. The van der Waals surface area contributed by atoms with Crippen molar-refractivity contribution in [2.24, 2.45) is 0 Å². The molecule has 2 N–H and O–H groups in total. The van der Waals surface area contributed by atoms with Crippen molar-refractivity contribution < 1.29 is 9.21 Å². The molecule has 2 unspecified atom stereocenters. The van der Waals surface area contributed by atoms with Gasteiger partial charge in [-0.05, 0) is 45.6 Å². The fourth-order valence-electron chi connectivity index (χ4n) is 2.25. The molecule has 1 aliphatic rings. The van der Waals surface area contributed by atoms with Crippen LogP contribution in [-0.2, 0) is 4.79 Å². The van der Waals surface area contributed by atoms with Gasteiger partial charge in [-0.3, -0.25) is 9.69 Å². The molecule has 2 rings (SSSR count). The lowest BCUT2D eigenvalue weighted by molar-refractivity contribution is -0.123. The second kappa shape index (κ2) is 7.53. The first-order chi connectivity index (χ1) is 8.68. The second-order valence-electron chi connectivity index (χ2n) is 4.89. The van der Waals surface area contributed by atoms with Gasteiger partial charge in [0.05, 0.1) is 18.3 Å². The van der Waals surface area contributed by atoms with Gasteiger partial charge in [0.15, 0.2) is 0 Å². The zero-order valence-corrected chi connectivity index (χ0v) is 12.2. The number of carbonyl (C=O) groups is 1. The molecule has 0 bridgehead atoms. The Morgan fingerprint density at radius 3 is 2.95 bits per heavy atom. The summed E-state index contributed by atoms with van der Waals surface area (Å²) >= 11 is 0. The van der Waals surface area contributed by atoms with E-state index in [1.54, 1.807) is 6.26 Å². The highest BCUT2D eigenvalue weighted by Gasteiger charge is 2.24. The highest BCUT2D eigenvalue weighted by atomic mass is 35.5. The number of amides is 1. The molecule has 0 radical (unpaired) electrons. The fraction of sp³-hybridized carbons (Fsp3) is 0.615. The van der Waals surface area contributed by atoms with E-state index < -0.39 is 0 Å². The van der Waals surface area contributed by atoms with Gasteiger partial charge in [0.25, 0.3) is 0 Å². The molecule has 0 aliphatic carbocycles. The standard InChI is InChI=1S/C13H21N3O2.ClH/c1-16(2)11(12-6-4-8-18-12)9-15-13(17)10-5-3-7-14-10;/h4,6,8,10-11,14H,3,5,7,9H2,1-2H3,(H,15,17);1H. The van der Waals surface area contributed by atoms with E-state index >= 15 is 0 Å². The van der Waals surface area contributed by atoms with E-state index in [9.17, 15) is 4.79 Å². The molecule has 2 heterocycles. The number of hydrogen-bond acceptors (Lipinski definition) is 4.